The Kier molecular flexibility index (Phi) is 4.71. The minimum atomic E-state index is -4.88. The standard InChI is InChI=1S/C18H14F3NO5S/c19-18(20,21)13-9-5-4-8-12(13)15-14(23)16(17(22)26-15)27-28(24,25)10-11-6-2-1-3-7-11/h1-9,15H,10,22H2/t15-/m0/s1/i15D. The summed E-state index contributed by atoms with van der Waals surface area (Å²) in [5, 5.41) is 0. The van der Waals surface area contributed by atoms with E-state index in [1.807, 2.05) is 0 Å². The number of rotatable bonds is 5. The van der Waals surface area contributed by atoms with E-state index in [1.165, 1.54) is 18.2 Å². The molecule has 1 atom stereocenters. The van der Waals surface area contributed by atoms with Crippen LogP contribution < -0.4 is 5.73 Å². The van der Waals surface area contributed by atoms with E-state index in [0.29, 0.717) is 11.6 Å². The summed E-state index contributed by atoms with van der Waals surface area (Å²) in [5.74, 6) is -4.00. The number of hydrogen-bond acceptors (Lipinski definition) is 6. The Morgan fingerprint density at radius 1 is 1.11 bits per heavy atom. The molecule has 0 unspecified atom stereocenters. The first-order valence-corrected chi connectivity index (χ1v) is 9.38. The molecular weight excluding hydrogens is 399 g/mol. The summed E-state index contributed by atoms with van der Waals surface area (Å²) in [6.07, 6.45) is -7.82. The number of carbonyl (C=O) groups is 1. The SMILES string of the molecule is [2H][C@@]1(c2ccccc2C(F)(F)F)OC(N)=C(OS(=O)(=O)Cc2ccccc2)C1=O. The first kappa shape index (κ1) is 18.4. The first-order valence-electron chi connectivity index (χ1n) is 8.30. The highest BCUT2D eigenvalue weighted by atomic mass is 32.2. The van der Waals surface area contributed by atoms with Gasteiger partial charge in [0.05, 0.1) is 6.93 Å². The van der Waals surface area contributed by atoms with Gasteiger partial charge in [-0.1, -0.05) is 48.5 Å². The Labute approximate surface area is 159 Å². The summed E-state index contributed by atoms with van der Waals surface area (Å²) >= 11 is 0. The highest BCUT2D eigenvalue weighted by Crippen LogP contribution is 2.40. The molecule has 0 bridgehead atoms. The van der Waals surface area contributed by atoms with Crippen LogP contribution in [-0.4, -0.2) is 14.2 Å². The van der Waals surface area contributed by atoms with Crippen molar-refractivity contribution in [3.8, 4) is 0 Å². The monoisotopic (exact) mass is 414 g/mol. The molecule has 0 spiro atoms. The number of alkyl halides is 3. The molecule has 6 nitrogen and oxygen atoms in total. The summed E-state index contributed by atoms with van der Waals surface area (Å²) in [5.41, 5.74) is 3.71. The number of nitrogens with two attached hydrogens (primary N) is 1. The Morgan fingerprint density at radius 3 is 2.36 bits per heavy atom. The fourth-order valence-electron chi connectivity index (χ4n) is 2.54. The number of carbonyl (C=O) groups excluding carboxylic acids is 1. The minimum Gasteiger partial charge on any atom is -0.460 e. The molecule has 1 aliphatic heterocycles. The van der Waals surface area contributed by atoms with Gasteiger partial charge >= 0.3 is 16.3 Å². The molecule has 2 aromatic carbocycles. The zero-order valence-electron chi connectivity index (χ0n) is 15.1. The molecule has 2 aromatic rings. The summed E-state index contributed by atoms with van der Waals surface area (Å²) in [6.45, 7) is 0. The second kappa shape index (κ2) is 7.19. The fourth-order valence-corrected chi connectivity index (χ4v) is 3.61. The van der Waals surface area contributed by atoms with Crippen LogP contribution in [0.25, 0.3) is 0 Å². The van der Waals surface area contributed by atoms with E-state index in [0.717, 1.165) is 12.1 Å². The highest BCUT2D eigenvalue weighted by Gasteiger charge is 2.44. The van der Waals surface area contributed by atoms with Crippen molar-refractivity contribution >= 4 is 15.9 Å². The van der Waals surface area contributed by atoms with E-state index in [2.05, 4.69) is 0 Å². The van der Waals surface area contributed by atoms with Crippen LogP contribution in [0.3, 0.4) is 0 Å². The molecule has 10 heteroatoms. The quantitative estimate of drug-likeness (QED) is 0.756. The van der Waals surface area contributed by atoms with E-state index in [9.17, 15) is 26.4 Å². The van der Waals surface area contributed by atoms with Gasteiger partial charge in [0, 0.05) is 5.56 Å². The number of halogens is 3. The van der Waals surface area contributed by atoms with Crippen LogP contribution >= 0.6 is 0 Å². The van der Waals surface area contributed by atoms with E-state index in [1.54, 1.807) is 18.2 Å². The maximum absolute atomic E-state index is 13.3. The molecule has 0 aromatic heterocycles. The van der Waals surface area contributed by atoms with Crippen LogP contribution in [0.15, 0.2) is 66.2 Å². The van der Waals surface area contributed by atoms with Crippen LogP contribution in [-0.2, 0) is 35.8 Å². The number of ether oxygens (including phenoxy) is 1. The summed E-state index contributed by atoms with van der Waals surface area (Å²) in [7, 11) is -4.40. The predicted molar refractivity (Wildman–Crippen MR) is 91.6 cm³/mol. The van der Waals surface area contributed by atoms with Gasteiger partial charge in [0.1, 0.15) is 5.75 Å². The first-order chi connectivity index (χ1) is 13.4. The minimum absolute atomic E-state index is 0.345. The van der Waals surface area contributed by atoms with E-state index in [4.69, 9.17) is 16.0 Å². The molecule has 0 saturated heterocycles. The lowest BCUT2D eigenvalue weighted by atomic mass is 9.99. The molecule has 0 saturated carbocycles. The Bertz CT molecular complexity index is 1090. The highest BCUT2D eigenvalue weighted by molar-refractivity contribution is 7.86. The van der Waals surface area contributed by atoms with Crippen molar-refractivity contribution in [3.63, 3.8) is 0 Å². The second-order valence-corrected chi connectivity index (χ2v) is 7.34. The van der Waals surface area contributed by atoms with E-state index < -0.39 is 56.7 Å². The molecule has 148 valence electrons. The van der Waals surface area contributed by atoms with Gasteiger partial charge in [0.15, 0.2) is 6.08 Å². The van der Waals surface area contributed by atoms with Crippen molar-refractivity contribution < 1.29 is 36.7 Å². The molecular formula is C18H14F3NO5S. The van der Waals surface area contributed by atoms with Crippen molar-refractivity contribution in [2.75, 3.05) is 0 Å². The van der Waals surface area contributed by atoms with Gasteiger partial charge in [0.2, 0.25) is 17.4 Å². The fraction of sp³-hybridized carbons (Fsp3) is 0.167. The summed E-state index contributed by atoms with van der Waals surface area (Å²) in [4.78, 5) is 12.6. The third kappa shape index (κ3) is 4.11. The van der Waals surface area contributed by atoms with Crippen LogP contribution in [0, 0.1) is 0 Å². The molecule has 0 fully saturated rings. The molecule has 0 aliphatic carbocycles. The lowest BCUT2D eigenvalue weighted by Crippen LogP contribution is -2.19. The van der Waals surface area contributed by atoms with E-state index >= 15 is 0 Å². The van der Waals surface area contributed by atoms with Crippen LogP contribution in [0.2, 0.25) is 0 Å². The van der Waals surface area contributed by atoms with Gasteiger partial charge in [-0.3, -0.25) is 4.79 Å². The summed E-state index contributed by atoms with van der Waals surface area (Å²) in [6, 6.07) is 11.6. The normalized spacial score (nSPS) is 20.7. The molecule has 1 aliphatic rings. The number of hydrogen-bond donors (Lipinski definition) is 1. The third-order valence-corrected chi connectivity index (χ3v) is 4.83. The smallest absolute Gasteiger partial charge is 0.416 e. The third-order valence-electron chi connectivity index (χ3n) is 3.72. The van der Waals surface area contributed by atoms with Crippen molar-refractivity contribution in [2.45, 2.75) is 18.0 Å². The zero-order valence-corrected chi connectivity index (χ0v) is 14.9. The molecule has 3 rings (SSSR count). The van der Waals surface area contributed by atoms with Crippen molar-refractivity contribution in [3.05, 3.63) is 82.9 Å². The van der Waals surface area contributed by atoms with E-state index in [-0.39, 0.29) is 0 Å². The maximum atomic E-state index is 13.3. The maximum Gasteiger partial charge on any atom is 0.416 e. The lowest BCUT2D eigenvalue weighted by Gasteiger charge is -2.16. The van der Waals surface area contributed by atoms with Crippen LogP contribution in [0.1, 0.15) is 24.1 Å². The van der Waals surface area contributed by atoms with Crippen molar-refractivity contribution in [1.82, 2.24) is 0 Å². The van der Waals surface area contributed by atoms with Gasteiger partial charge in [-0.15, -0.1) is 0 Å². The number of Topliss-reactive ketones (excluding diaryl/α,β-unsaturated/α-hetero) is 1. The molecule has 0 radical (unpaired) electrons. The lowest BCUT2D eigenvalue weighted by molar-refractivity contribution is -0.139. The average molecular weight is 414 g/mol. The van der Waals surface area contributed by atoms with Crippen LogP contribution in [0.5, 0.6) is 0 Å². The van der Waals surface area contributed by atoms with Gasteiger partial charge in [-0.2, -0.15) is 21.6 Å². The Hall–Kier alpha value is -3.01. The number of benzene rings is 2. The van der Waals surface area contributed by atoms with Crippen molar-refractivity contribution in [1.29, 1.82) is 0 Å². The molecule has 0 amide bonds. The summed E-state index contributed by atoms with van der Waals surface area (Å²) < 4.78 is 82.1. The van der Waals surface area contributed by atoms with Gasteiger partial charge in [-0.05, 0) is 11.6 Å². The zero-order chi connectivity index (χ0) is 21.4. The molecule has 1 heterocycles. The molecule has 2 N–H and O–H groups in total. The van der Waals surface area contributed by atoms with Crippen molar-refractivity contribution in [2.24, 2.45) is 5.73 Å². The van der Waals surface area contributed by atoms with Crippen LogP contribution in [0.4, 0.5) is 13.2 Å². The Balaban J connectivity index is 1.92. The van der Waals surface area contributed by atoms with Gasteiger partial charge in [0.25, 0.3) is 0 Å². The van der Waals surface area contributed by atoms with Gasteiger partial charge in [-0.25, -0.2) is 0 Å². The average Bonchev–Trinajstić information content (AvgIpc) is 2.85. The topological polar surface area (TPSA) is 95.7 Å². The Morgan fingerprint density at radius 2 is 1.71 bits per heavy atom. The number of ketones is 1. The second-order valence-electron chi connectivity index (χ2n) is 5.77. The van der Waals surface area contributed by atoms with Gasteiger partial charge < -0.3 is 14.7 Å². The predicted octanol–water partition coefficient (Wildman–Crippen LogP) is 3.02. The molecule has 28 heavy (non-hydrogen) atoms. The largest absolute Gasteiger partial charge is 0.460 e.